The lowest BCUT2D eigenvalue weighted by molar-refractivity contribution is 0.809. The Morgan fingerprint density at radius 1 is 1.47 bits per heavy atom. The first-order chi connectivity index (χ1) is 8.13. The Bertz CT molecular complexity index is 396. The molecule has 0 bridgehead atoms. The van der Waals surface area contributed by atoms with Gasteiger partial charge in [-0.25, -0.2) is 9.97 Å². The van der Waals surface area contributed by atoms with E-state index in [0.717, 1.165) is 35.4 Å². The predicted octanol–water partition coefficient (Wildman–Crippen LogP) is 2.69. The third-order valence-electron chi connectivity index (χ3n) is 2.18. The molecule has 1 N–H and O–H groups in total. The number of terminal acetylenes is 1. The van der Waals surface area contributed by atoms with Gasteiger partial charge in [0, 0.05) is 23.7 Å². The number of rotatable bonds is 6. The molecule has 0 aliphatic heterocycles. The zero-order valence-corrected chi connectivity index (χ0v) is 11.5. The lowest BCUT2D eigenvalue weighted by atomic mass is 10.1. The lowest BCUT2D eigenvalue weighted by Gasteiger charge is -2.09. The average Bonchev–Trinajstić information content (AvgIpc) is 2.28. The number of aromatic nitrogens is 2. The molecule has 0 spiro atoms. The highest BCUT2D eigenvalue weighted by atomic mass is 32.2. The first-order valence-corrected chi connectivity index (χ1v) is 6.89. The molecule has 0 fully saturated rings. The minimum absolute atomic E-state index is 0.424. The van der Waals surface area contributed by atoms with Crippen molar-refractivity contribution in [2.24, 2.45) is 0 Å². The summed E-state index contributed by atoms with van der Waals surface area (Å²) in [6, 6.07) is 2.03. The quantitative estimate of drug-likeness (QED) is 0.621. The van der Waals surface area contributed by atoms with E-state index >= 15 is 0 Å². The molecule has 0 unspecified atom stereocenters. The fourth-order valence-electron chi connectivity index (χ4n) is 1.33. The van der Waals surface area contributed by atoms with Gasteiger partial charge >= 0.3 is 0 Å². The van der Waals surface area contributed by atoms with E-state index < -0.39 is 0 Å². The minimum atomic E-state index is 0.424. The Balaban J connectivity index is 2.50. The smallest absolute Gasteiger partial charge is 0.223 e. The second-order valence-electron chi connectivity index (χ2n) is 4.10. The molecule has 92 valence electrons. The van der Waals surface area contributed by atoms with Crippen LogP contribution < -0.4 is 5.32 Å². The van der Waals surface area contributed by atoms with Crippen molar-refractivity contribution < 1.29 is 0 Å². The molecule has 0 amide bonds. The van der Waals surface area contributed by atoms with Gasteiger partial charge < -0.3 is 5.32 Å². The van der Waals surface area contributed by atoms with Crippen LogP contribution in [0, 0.1) is 19.3 Å². The van der Waals surface area contributed by atoms with Gasteiger partial charge in [0.25, 0.3) is 0 Å². The van der Waals surface area contributed by atoms with Gasteiger partial charge in [-0.3, -0.25) is 0 Å². The molecule has 1 rings (SSSR count). The minimum Gasteiger partial charge on any atom is -0.353 e. The van der Waals surface area contributed by atoms with Crippen molar-refractivity contribution in [1.82, 2.24) is 9.97 Å². The summed E-state index contributed by atoms with van der Waals surface area (Å²) in [6.45, 7) is 7.10. The van der Waals surface area contributed by atoms with Gasteiger partial charge in [0.1, 0.15) is 0 Å². The van der Waals surface area contributed by atoms with Gasteiger partial charge in [0.2, 0.25) is 5.95 Å². The third kappa shape index (κ3) is 5.10. The fraction of sp³-hybridized carbons (Fsp3) is 0.538. The summed E-state index contributed by atoms with van der Waals surface area (Å²) in [5, 5.41) is 3.23. The summed E-state index contributed by atoms with van der Waals surface area (Å²) >= 11 is 1.73. The molecule has 1 heterocycles. The standard InChI is InChI=1S/C13H19N3S/c1-5-7-17-8-6-14-13-15-11(4)9-12(16-13)10(2)3/h1,9-10H,6-8H2,2-4H3,(H,14,15,16). The summed E-state index contributed by atoms with van der Waals surface area (Å²) < 4.78 is 0. The van der Waals surface area contributed by atoms with E-state index in [2.05, 4.69) is 35.1 Å². The molecule has 1 aromatic rings. The van der Waals surface area contributed by atoms with Gasteiger partial charge in [0.15, 0.2) is 0 Å². The maximum atomic E-state index is 5.18. The number of aryl methyl sites for hydroxylation is 1. The molecule has 0 aliphatic carbocycles. The zero-order chi connectivity index (χ0) is 12.7. The SMILES string of the molecule is C#CCSCCNc1nc(C)cc(C(C)C)n1. The zero-order valence-electron chi connectivity index (χ0n) is 10.7. The largest absolute Gasteiger partial charge is 0.353 e. The van der Waals surface area contributed by atoms with Crippen LogP contribution >= 0.6 is 11.8 Å². The Morgan fingerprint density at radius 3 is 2.88 bits per heavy atom. The van der Waals surface area contributed by atoms with Gasteiger partial charge in [0.05, 0.1) is 5.75 Å². The van der Waals surface area contributed by atoms with Gasteiger partial charge in [-0.2, -0.15) is 0 Å². The van der Waals surface area contributed by atoms with Gasteiger partial charge in [-0.1, -0.05) is 19.8 Å². The van der Waals surface area contributed by atoms with E-state index in [9.17, 15) is 0 Å². The maximum absolute atomic E-state index is 5.18. The van der Waals surface area contributed by atoms with E-state index in [1.165, 1.54) is 0 Å². The summed E-state index contributed by atoms with van der Waals surface area (Å²) in [5.41, 5.74) is 2.08. The van der Waals surface area contributed by atoms with Gasteiger partial charge in [-0.05, 0) is 18.9 Å². The number of thioether (sulfide) groups is 1. The molecule has 17 heavy (non-hydrogen) atoms. The molecule has 0 saturated carbocycles. The van der Waals surface area contributed by atoms with Crippen LogP contribution in [0.5, 0.6) is 0 Å². The lowest BCUT2D eigenvalue weighted by Crippen LogP contribution is -2.10. The van der Waals surface area contributed by atoms with Crippen LogP contribution in [-0.2, 0) is 0 Å². The summed E-state index contributed by atoms with van der Waals surface area (Å²) in [7, 11) is 0. The number of anilines is 1. The van der Waals surface area contributed by atoms with Crippen LogP contribution in [0.25, 0.3) is 0 Å². The number of hydrogen-bond acceptors (Lipinski definition) is 4. The van der Waals surface area contributed by atoms with Crippen molar-refractivity contribution in [3.05, 3.63) is 17.5 Å². The number of hydrogen-bond donors (Lipinski definition) is 1. The van der Waals surface area contributed by atoms with Crippen LogP contribution in [0.1, 0.15) is 31.2 Å². The topological polar surface area (TPSA) is 37.8 Å². The van der Waals surface area contributed by atoms with Gasteiger partial charge in [-0.15, -0.1) is 18.2 Å². The molecular formula is C13H19N3S. The predicted molar refractivity (Wildman–Crippen MR) is 75.5 cm³/mol. The molecule has 1 aromatic heterocycles. The van der Waals surface area contributed by atoms with Crippen molar-refractivity contribution >= 4 is 17.7 Å². The normalized spacial score (nSPS) is 10.3. The monoisotopic (exact) mass is 249 g/mol. The number of nitrogens with one attached hydrogen (secondary N) is 1. The van der Waals surface area contributed by atoms with E-state index in [0.29, 0.717) is 5.92 Å². The summed E-state index contributed by atoms with van der Waals surface area (Å²) in [5.74, 6) is 5.47. The van der Waals surface area contributed by atoms with Crippen LogP contribution in [0.3, 0.4) is 0 Å². The Hall–Kier alpha value is -1.21. The van der Waals surface area contributed by atoms with Crippen molar-refractivity contribution in [3.63, 3.8) is 0 Å². The first kappa shape index (κ1) is 13.9. The highest BCUT2D eigenvalue weighted by molar-refractivity contribution is 7.99. The highest BCUT2D eigenvalue weighted by Crippen LogP contribution is 2.14. The summed E-state index contributed by atoms with van der Waals surface area (Å²) in [4.78, 5) is 8.84. The van der Waals surface area contributed by atoms with Crippen LogP contribution in [0.2, 0.25) is 0 Å². The molecule has 4 heteroatoms. The molecule has 0 atom stereocenters. The van der Waals surface area contributed by atoms with Crippen LogP contribution in [-0.4, -0.2) is 28.0 Å². The molecular weight excluding hydrogens is 230 g/mol. The third-order valence-corrected chi connectivity index (χ3v) is 3.04. The Kier molecular flexibility index (Phi) is 5.85. The molecule has 0 aliphatic rings. The fourth-order valence-corrected chi connectivity index (χ4v) is 1.84. The molecule has 0 saturated heterocycles. The van der Waals surface area contributed by atoms with Crippen LogP contribution in [0.4, 0.5) is 5.95 Å². The first-order valence-electron chi connectivity index (χ1n) is 5.74. The van der Waals surface area contributed by atoms with E-state index in [-0.39, 0.29) is 0 Å². The Labute approximate surface area is 108 Å². The summed E-state index contributed by atoms with van der Waals surface area (Å²) in [6.07, 6.45) is 5.18. The van der Waals surface area contributed by atoms with Crippen molar-refractivity contribution in [2.45, 2.75) is 26.7 Å². The second-order valence-corrected chi connectivity index (χ2v) is 5.20. The molecule has 0 radical (unpaired) electrons. The average molecular weight is 249 g/mol. The van der Waals surface area contributed by atoms with E-state index in [1.54, 1.807) is 11.8 Å². The molecule has 3 nitrogen and oxygen atoms in total. The second kappa shape index (κ2) is 7.18. The van der Waals surface area contributed by atoms with E-state index in [1.807, 2.05) is 13.0 Å². The highest BCUT2D eigenvalue weighted by Gasteiger charge is 2.05. The maximum Gasteiger partial charge on any atom is 0.223 e. The van der Waals surface area contributed by atoms with Crippen LogP contribution in [0.15, 0.2) is 6.07 Å². The Morgan fingerprint density at radius 2 is 2.24 bits per heavy atom. The molecule has 0 aromatic carbocycles. The van der Waals surface area contributed by atoms with Crippen molar-refractivity contribution in [1.29, 1.82) is 0 Å². The number of nitrogens with zero attached hydrogens (tertiary/aromatic N) is 2. The van der Waals surface area contributed by atoms with Crippen molar-refractivity contribution in [2.75, 3.05) is 23.4 Å². The van der Waals surface area contributed by atoms with Crippen molar-refractivity contribution in [3.8, 4) is 12.3 Å². The van der Waals surface area contributed by atoms with E-state index in [4.69, 9.17) is 6.42 Å².